The molecule has 2 amide bonds. The summed E-state index contributed by atoms with van der Waals surface area (Å²) in [6, 6.07) is 5.49. The van der Waals surface area contributed by atoms with Crippen molar-refractivity contribution in [3.05, 3.63) is 58.4 Å². The van der Waals surface area contributed by atoms with Gasteiger partial charge in [-0.3, -0.25) is 14.4 Å². The Labute approximate surface area is 245 Å². The Balaban J connectivity index is 1.16. The summed E-state index contributed by atoms with van der Waals surface area (Å²) in [5, 5.41) is 4.70. The maximum absolute atomic E-state index is 13.5. The van der Waals surface area contributed by atoms with E-state index in [0.29, 0.717) is 45.8 Å². The van der Waals surface area contributed by atoms with Gasteiger partial charge in [0.1, 0.15) is 5.60 Å². The zero-order valence-electron chi connectivity index (χ0n) is 24.8. The van der Waals surface area contributed by atoms with Gasteiger partial charge in [-0.05, 0) is 69.7 Å². The highest BCUT2D eigenvalue weighted by molar-refractivity contribution is 5.99. The fourth-order valence-electron chi connectivity index (χ4n) is 6.00. The standard InChI is InChI=1S/C31H40F3N5O3/c1-21-17-27-23(19-35-39(27)25-9-11-38(12-10-25)29(41)42-30(2,3)4)18-26(21)28(40)37-15-13-36(14-16-37)20-22-5-7-24(8-6-22)31(32,33)34/h5-8,18-19,21,25H,9-17,20H2,1-4H3. The van der Waals surface area contributed by atoms with Gasteiger partial charge in [-0.1, -0.05) is 19.1 Å². The number of benzene rings is 1. The predicted molar refractivity (Wildman–Crippen MR) is 152 cm³/mol. The summed E-state index contributed by atoms with van der Waals surface area (Å²) in [5.41, 5.74) is 2.57. The first-order chi connectivity index (χ1) is 19.8. The molecule has 5 rings (SSSR count). The molecule has 0 saturated carbocycles. The van der Waals surface area contributed by atoms with E-state index in [9.17, 15) is 22.8 Å². The second-order valence-electron chi connectivity index (χ2n) is 12.7. The van der Waals surface area contributed by atoms with Crippen LogP contribution in [-0.2, 0) is 28.7 Å². The van der Waals surface area contributed by atoms with Crippen LogP contribution in [0, 0.1) is 5.92 Å². The normalized spacial score (nSPS) is 20.7. The van der Waals surface area contributed by atoms with E-state index in [1.807, 2.05) is 37.9 Å². The quantitative estimate of drug-likeness (QED) is 0.480. The Morgan fingerprint density at radius 2 is 1.60 bits per heavy atom. The Bertz CT molecular complexity index is 1310. The lowest BCUT2D eigenvalue weighted by atomic mass is 9.87. The van der Waals surface area contributed by atoms with Crippen LogP contribution < -0.4 is 0 Å². The molecule has 1 aromatic carbocycles. The van der Waals surface area contributed by atoms with Crippen molar-refractivity contribution >= 4 is 18.1 Å². The topological polar surface area (TPSA) is 70.9 Å². The van der Waals surface area contributed by atoms with Crippen molar-refractivity contribution in [1.82, 2.24) is 24.5 Å². The summed E-state index contributed by atoms with van der Waals surface area (Å²) < 4.78 is 46.2. The lowest BCUT2D eigenvalue weighted by Crippen LogP contribution is -2.49. The van der Waals surface area contributed by atoms with Gasteiger partial charge in [0.25, 0.3) is 0 Å². The Morgan fingerprint density at radius 3 is 2.19 bits per heavy atom. The first kappa shape index (κ1) is 30.1. The second kappa shape index (κ2) is 11.7. The van der Waals surface area contributed by atoms with Gasteiger partial charge in [0.15, 0.2) is 0 Å². The number of amides is 2. The number of piperazine rings is 1. The van der Waals surface area contributed by atoms with Crippen molar-refractivity contribution in [3.8, 4) is 0 Å². The first-order valence-corrected chi connectivity index (χ1v) is 14.7. The lowest BCUT2D eigenvalue weighted by Gasteiger charge is -2.36. The van der Waals surface area contributed by atoms with Crippen molar-refractivity contribution < 1.29 is 27.5 Å². The number of hydrogen-bond acceptors (Lipinski definition) is 5. The summed E-state index contributed by atoms with van der Waals surface area (Å²) in [7, 11) is 0. The van der Waals surface area contributed by atoms with Crippen LogP contribution in [0.25, 0.3) is 6.08 Å². The van der Waals surface area contributed by atoms with Crippen LogP contribution in [0.15, 0.2) is 36.0 Å². The molecule has 0 radical (unpaired) electrons. The molecule has 0 spiro atoms. The highest BCUT2D eigenvalue weighted by Crippen LogP contribution is 2.34. The third kappa shape index (κ3) is 6.82. The van der Waals surface area contributed by atoms with E-state index in [1.165, 1.54) is 12.1 Å². The molecule has 2 aliphatic heterocycles. The Kier molecular flexibility index (Phi) is 8.42. The molecular formula is C31H40F3N5O3. The Hall–Kier alpha value is -3.34. The number of hydrogen-bond donors (Lipinski definition) is 0. The number of aromatic nitrogens is 2. The van der Waals surface area contributed by atoms with E-state index in [4.69, 9.17) is 9.84 Å². The highest BCUT2D eigenvalue weighted by Gasteiger charge is 2.34. The van der Waals surface area contributed by atoms with Crippen LogP contribution in [0.3, 0.4) is 0 Å². The number of ether oxygens (including phenoxy) is 1. The zero-order valence-corrected chi connectivity index (χ0v) is 24.8. The van der Waals surface area contributed by atoms with Gasteiger partial charge in [-0.15, -0.1) is 0 Å². The van der Waals surface area contributed by atoms with Gasteiger partial charge in [0, 0.05) is 62.6 Å². The lowest BCUT2D eigenvalue weighted by molar-refractivity contribution is -0.137. The highest BCUT2D eigenvalue weighted by atomic mass is 19.4. The van der Waals surface area contributed by atoms with E-state index in [2.05, 4.69) is 16.5 Å². The molecular weight excluding hydrogens is 547 g/mol. The molecule has 8 nitrogen and oxygen atoms in total. The number of fused-ring (bicyclic) bond motifs is 1. The molecule has 2 aromatic rings. The fourth-order valence-corrected chi connectivity index (χ4v) is 6.00. The SMILES string of the molecule is CC1Cc2c(cnn2C2CCN(C(=O)OC(C)(C)C)CC2)C=C1C(=O)N1CCN(Cc2ccc(C(F)(F)F)cc2)CC1. The minimum Gasteiger partial charge on any atom is -0.444 e. The zero-order chi connectivity index (χ0) is 30.2. The van der Waals surface area contributed by atoms with Gasteiger partial charge < -0.3 is 14.5 Å². The molecule has 1 aromatic heterocycles. The number of halogens is 3. The summed E-state index contributed by atoms with van der Waals surface area (Å²) in [4.78, 5) is 31.8. The van der Waals surface area contributed by atoms with Gasteiger partial charge in [0.2, 0.25) is 5.91 Å². The Morgan fingerprint density at radius 1 is 0.952 bits per heavy atom. The summed E-state index contributed by atoms with van der Waals surface area (Å²) in [6.45, 7) is 12.0. The number of piperidine rings is 1. The number of carbonyl (C=O) groups is 2. The summed E-state index contributed by atoms with van der Waals surface area (Å²) in [6.07, 6.45) is 1.55. The minimum absolute atomic E-state index is 0.0424. The van der Waals surface area contributed by atoms with E-state index in [1.54, 1.807) is 4.90 Å². The molecule has 1 unspecified atom stereocenters. The number of likely N-dealkylation sites (tertiary alicyclic amines) is 1. The van der Waals surface area contributed by atoms with Gasteiger partial charge in [-0.25, -0.2) is 4.79 Å². The molecule has 3 aliphatic rings. The number of rotatable bonds is 4. The molecule has 0 N–H and O–H groups in total. The smallest absolute Gasteiger partial charge is 0.416 e. The van der Waals surface area contributed by atoms with Crippen molar-refractivity contribution in [2.24, 2.45) is 5.92 Å². The van der Waals surface area contributed by atoms with Crippen LogP contribution >= 0.6 is 0 Å². The molecule has 42 heavy (non-hydrogen) atoms. The van der Waals surface area contributed by atoms with E-state index < -0.39 is 17.3 Å². The van der Waals surface area contributed by atoms with Crippen LogP contribution in [-0.4, -0.2) is 81.4 Å². The van der Waals surface area contributed by atoms with Crippen molar-refractivity contribution in [3.63, 3.8) is 0 Å². The molecule has 11 heteroatoms. The average molecular weight is 588 g/mol. The second-order valence-corrected chi connectivity index (χ2v) is 12.7. The number of alkyl halides is 3. The van der Waals surface area contributed by atoms with Crippen LogP contribution in [0.2, 0.25) is 0 Å². The molecule has 0 bridgehead atoms. The monoisotopic (exact) mass is 587 g/mol. The van der Waals surface area contributed by atoms with Crippen LogP contribution in [0.4, 0.5) is 18.0 Å². The van der Waals surface area contributed by atoms with Gasteiger partial charge in [-0.2, -0.15) is 18.3 Å². The third-order valence-electron chi connectivity index (χ3n) is 8.33. The van der Waals surface area contributed by atoms with Gasteiger partial charge in [0.05, 0.1) is 17.8 Å². The van der Waals surface area contributed by atoms with E-state index in [-0.39, 0.29) is 24.0 Å². The predicted octanol–water partition coefficient (Wildman–Crippen LogP) is 5.39. The first-order valence-electron chi connectivity index (χ1n) is 14.7. The van der Waals surface area contributed by atoms with Crippen molar-refractivity contribution in [2.75, 3.05) is 39.3 Å². The van der Waals surface area contributed by atoms with Crippen LogP contribution in [0.1, 0.15) is 69.0 Å². The maximum Gasteiger partial charge on any atom is 0.416 e. The van der Waals surface area contributed by atoms with Crippen LogP contribution in [0.5, 0.6) is 0 Å². The molecule has 3 heterocycles. The average Bonchev–Trinajstić information content (AvgIpc) is 3.34. The molecule has 2 fully saturated rings. The molecule has 228 valence electrons. The molecule has 1 aliphatic carbocycles. The van der Waals surface area contributed by atoms with Gasteiger partial charge >= 0.3 is 12.3 Å². The van der Waals surface area contributed by atoms with Crippen molar-refractivity contribution in [2.45, 2.75) is 71.3 Å². The third-order valence-corrected chi connectivity index (χ3v) is 8.33. The van der Waals surface area contributed by atoms with E-state index in [0.717, 1.165) is 53.8 Å². The summed E-state index contributed by atoms with van der Waals surface area (Å²) >= 11 is 0. The van der Waals surface area contributed by atoms with E-state index >= 15 is 0 Å². The maximum atomic E-state index is 13.5. The molecule has 2 saturated heterocycles. The molecule has 1 atom stereocenters. The van der Waals surface area contributed by atoms with Crippen molar-refractivity contribution in [1.29, 1.82) is 0 Å². The minimum atomic E-state index is -4.34. The largest absolute Gasteiger partial charge is 0.444 e. The number of nitrogens with zero attached hydrogens (tertiary/aromatic N) is 5. The number of carbonyl (C=O) groups excluding carboxylic acids is 2. The summed E-state index contributed by atoms with van der Waals surface area (Å²) in [5.74, 6) is 0.0910. The fraction of sp³-hybridized carbons (Fsp3) is 0.581.